The third-order valence-corrected chi connectivity index (χ3v) is 6.28. The van der Waals surface area contributed by atoms with E-state index in [0.29, 0.717) is 14.6 Å². The molecule has 0 saturated carbocycles. The Kier molecular flexibility index (Phi) is 13.8. The molecule has 0 aliphatic heterocycles. The van der Waals surface area contributed by atoms with Crippen molar-refractivity contribution in [3.8, 4) is 11.1 Å². The standard InChI is InChI=1S/C12H7BrF2.C6H7BO2.C6H2BrF2I.CH4/c13-12-10(14)6-9(7-11(12)15)8-4-2-1-3-5-8;8-7(9)6-4-2-1-3-5-6;7-6-4(8)1-3(10)2-5(6)9;/h1-7H;1-5,8-9H;1-2H;1H4. The van der Waals surface area contributed by atoms with Gasteiger partial charge in [0.05, 0.1) is 8.95 Å². The van der Waals surface area contributed by atoms with Crippen LogP contribution in [0, 0.1) is 26.8 Å². The predicted molar refractivity (Wildman–Crippen MR) is 149 cm³/mol. The van der Waals surface area contributed by atoms with Crippen LogP contribution in [0.4, 0.5) is 17.6 Å². The molecule has 10 heteroatoms. The maximum Gasteiger partial charge on any atom is 0.488 e. The van der Waals surface area contributed by atoms with Crippen molar-refractivity contribution in [2.75, 3.05) is 0 Å². The Balaban J connectivity index is 0.000000271. The first-order chi connectivity index (χ1) is 16.1. The first-order valence-corrected chi connectivity index (χ1v) is 12.2. The van der Waals surface area contributed by atoms with E-state index in [1.165, 1.54) is 24.3 Å². The van der Waals surface area contributed by atoms with E-state index in [1.807, 2.05) is 59.0 Å². The zero-order valence-electron chi connectivity index (χ0n) is 17.2. The number of hydrogen-bond donors (Lipinski definition) is 2. The molecule has 4 rings (SSSR count). The van der Waals surface area contributed by atoms with Crippen LogP contribution in [0.2, 0.25) is 0 Å². The molecule has 0 atom stereocenters. The molecule has 0 amide bonds. The van der Waals surface area contributed by atoms with Crippen molar-refractivity contribution in [1.82, 2.24) is 0 Å². The average molecular weight is 726 g/mol. The molecule has 0 aliphatic carbocycles. The fraction of sp³-hybridized carbons (Fsp3) is 0.0400. The highest BCUT2D eigenvalue weighted by molar-refractivity contribution is 14.1. The predicted octanol–water partition coefficient (Wildman–Crippen LogP) is 7.73. The third-order valence-electron chi connectivity index (χ3n) is 4.14. The summed E-state index contributed by atoms with van der Waals surface area (Å²) in [5, 5.41) is 17.2. The van der Waals surface area contributed by atoms with Crippen LogP contribution in [0.1, 0.15) is 7.43 Å². The normalized spacial score (nSPS) is 9.63. The molecule has 0 aliphatic rings. The summed E-state index contributed by atoms with van der Waals surface area (Å²) in [6.07, 6.45) is 0. The van der Waals surface area contributed by atoms with E-state index in [1.54, 1.807) is 24.3 Å². The fourth-order valence-electron chi connectivity index (χ4n) is 2.50. The second-order valence-corrected chi connectivity index (χ2v) is 9.42. The molecule has 0 aromatic heterocycles. The second kappa shape index (κ2) is 15.4. The highest BCUT2D eigenvalue weighted by Gasteiger charge is 2.09. The van der Waals surface area contributed by atoms with Crippen LogP contribution in [0.15, 0.2) is 93.9 Å². The van der Waals surface area contributed by atoms with Crippen LogP contribution in [0.3, 0.4) is 0 Å². The summed E-state index contributed by atoms with van der Waals surface area (Å²) in [6, 6.07) is 22.9. The summed E-state index contributed by atoms with van der Waals surface area (Å²) < 4.78 is 51.9. The van der Waals surface area contributed by atoms with E-state index in [4.69, 9.17) is 10.0 Å². The molecular weight excluding hydrogens is 706 g/mol. The van der Waals surface area contributed by atoms with Crippen LogP contribution in [0.25, 0.3) is 11.1 Å². The first-order valence-electron chi connectivity index (χ1n) is 9.51. The average Bonchev–Trinajstić information content (AvgIpc) is 2.82. The Labute approximate surface area is 232 Å². The summed E-state index contributed by atoms with van der Waals surface area (Å²) >= 11 is 7.44. The number of rotatable bonds is 2. The minimum Gasteiger partial charge on any atom is -0.423 e. The summed E-state index contributed by atoms with van der Waals surface area (Å²) in [4.78, 5) is 0. The van der Waals surface area contributed by atoms with Gasteiger partial charge >= 0.3 is 7.12 Å². The monoisotopic (exact) mass is 724 g/mol. The zero-order valence-corrected chi connectivity index (χ0v) is 22.5. The van der Waals surface area contributed by atoms with Gasteiger partial charge in [0.15, 0.2) is 0 Å². The Bertz CT molecular complexity index is 1170. The Hall–Kier alpha value is -1.73. The van der Waals surface area contributed by atoms with E-state index < -0.39 is 30.4 Å². The zero-order chi connectivity index (χ0) is 25.3. The molecule has 0 heterocycles. The largest absolute Gasteiger partial charge is 0.488 e. The summed E-state index contributed by atoms with van der Waals surface area (Å²) in [5.41, 5.74) is 1.86. The van der Waals surface area contributed by atoms with Gasteiger partial charge in [0.2, 0.25) is 0 Å². The molecule has 184 valence electrons. The van der Waals surface area contributed by atoms with Gasteiger partial charge in [-0.15, -0.1) is 0 Å². The fourth-order valence-corrected chi connectivity index (χ4v) is 3.51. The number of halogens is 7. The Morgan fingerprint density at radius 2 is 0.971 bits per heavy atom. The molecule has 0 fully saturated rings. The van der Waals surface area contributed by atoms with Crippen molar-refractivity contribution >= 4 is 67.0 Å². The highest BCUT2D eigenvalue weighted by Crippen LogP contribution is 2.27. The van der Waals surface area contributed by atoms with Gasteiger partial charge in [-0.05, 0) is 95.3 Å². The molecule has 4 aromatic rings. The lowest BCUT2D eigenvalue weighted by Gasteiger charge is -2.03. The molecule has 0 spiro atoms. The molecule has 0 bridgehead atoms. The van der Waals surface area contributed by atoms with Crippen molar-refractivity contribution < 1.29 is 27.6 Å². The minimum atomic E-state index is -1.34. The molecule has 2 nitrogen and oxygen atoms in total. The molecule has 0 radical (unpaired) electrons. The maximum atomic E-state index is 13.2. The first kappa shape index (κ1) is 31.3. The second-order valence-electron chi connectivity index (χ2n) is 6.59. The van der Waals surface area contributed by atoms with E-state index in [-0.39, 0.29) is 16.4 Å². The van der Waals surface area contributed by atoms with Gasteiger partial charge in [0, 0.05) is 3.57 Å². The van der Waals surface area contributed by atoms with E-state index in [2.05, 4.69) is 31.9 Å². The van der Waals surface area contributed by atoms with Crippen LogP contribution in [-0.2, 0) is 0 Å². The topological polar surface area (TPSA) is 40.5 Å². The summed E-state index contributed by atoms with van der Waals surface area (Å²) in [5.74, 6) is -2.31. The van der Waals surface area contributed by atoms with Crippen LogP contribution in [-0.4, -0.2) is 17.2 Å². The third kappa shape index (κ3) is 10.0. The van der Waals surface area contributed by atoms with E-state index in [9.17, 15) is 17.6 Å². The van der Waals surface area contributed by atoms with Crippen LogP contribution < -0.4 is 5.46 Å². The van der Waals surface area contributed by atoms with Crippen molar-refractivity contribution in [1.29, 1.82) is 0 Å². The highest BCUT2D eigenvalue weighted by atomic mass is 127. The smallest absolute Gasteiger partial charge is 0.423 e. The summed E-state index contributed by atoms with van der Waals surface area (Å²) in [7, 11) is -1.34. The van der Waals surface area contributed by atoms with Gasteiger partial charge in [-0.3, -0.25) is 0 Å². The van der Waals surface area contributed by atoms with Gasteiger partial charge in [0.1, 0.15) is 23.3 Å². The molecule has 4 aromatic carbocycles. The van der Waals surface area contributed by atoms with Crippen LogP contribution in [0.5, 0.6) is 0 Å². The molecule has 0 unspecified atom stereocenters. The Morgan fingerprint density at radius 1 is 0.600 bits per heavy atom. The molecule has 35 heavy (non-hydrogen) atoms. The minimum absolute atomic E-state index is 0. The molecule has 0 saturated heterocycles. The summed E-state index contributed by atoms with van der Waals surface area (Å²) in [6.45, 7) is 0. The van der Waals surface area contributed by atoms with Gasteiger partial charge in [-0.25, -0.2) is 17.6 Å². The van der Waals surface area contributed by atoms with E-state index >= 15 is 0 Å². The van der Waals surface area contributed by atoms with Gasteiger partial charge in [0.25, 0.3) is 0 Å². The lowest BCUT2D eigenvalue weighted by Crippen LogP contribution is -2.29. The van der Waals surface area contributed by atoms with Crippen molar-refractivity contribution in [3.63, 3.8) is 0 Å². The quantitative estimate of drug-likeness (QED) is 0.0731. The van der Waals surface area contributed by atoms with Crippen LogP contribution >= 0.6 is 54.5 Å². The van der Waals surface area contributed by atoms with Crippen molar-refractivity contribution in [2.45, 2.75) is 7.43 Å². The van der Waals surface area contributed by atoms with Gasteiger partial charge < -0.3 is 10.0 Å². The van der Waals surface area contributed by atoms with Crippen molar-refractivity contribution in [2.24, 2.45) is 0 Å². The number of benzene rings is 4. The molecule has 2 N–H and O–H groups in total. The molecular formula is C25H20BBr2F4IO2. The van der Waals surface area contributed by atoms with E-state index in [0.717, 1.165) is 5.56 Å². The van der Waals surface area contributed by atoms with Gasteiger partial charge in [-0.2, -0.15) is 0 Å². The lowest BCUT2D eigenvalue weighted by molar-refractivity contribution is 0.426. The SMILES string of the molecule is C.Fc1cc(-c2ccccc2)cc(F)c1Br.Fc1cc(I)cc(F)c1Br.OB(O)c1ccccc1. The maximum absolute atomic E-state index is 13.2. The Morgan fingerprint density at radius 3 is 1.34 bits per heavy atom. The van der Waals surface area contributed by atoms with Crippen molar-refractivity contribution in [3.05, 3.63) is 121 Å². The van der Waals surface area contributed by atoms with Gasteiger partial charge in [-0.1, -0.05) is 68.1 Å². The number of hydrogen-bond acceptors (Lipinski definition) is 2. The lowest BCUT2D eigenvalue weighted by atomic mass is 9.81.